The summed E-state index contributed by atoms with van der Waals surface area (Å²) in [6, 6.07) is 13.1. The van der Waals surface area contributed by atoms with Crippen molar-refractivity contribution in [2.75, 3.05) is 5.32 Å². The molecule has 0 aromatic heterocycles. The van der Waals surface area contributed by atoms with E-state index in [1.54, 1.807) is 25.1 Å². The first-order valence-electron chi connectivity index (χ1n) is 15.1. The van der Waals surface area contributed by atoms with Crippen molar-refractivity contribution in [1.29, 1.82) is 0 Å². The van der Waals surface area contributed by atoms with Gasteiger partial charge in [-0.25, -0.2) is 23.4 Å². The van der Waals surface area contributed by atoms with Crippen molar-refractivity contribution in [1.82, 2.24) is 10.2 Å². The van der Waals surface area contributed by atoms with Crippen LogP contribution in [0.3, 0.4) is 0 Å². The van der Waals surface area contributed by atoms with E-state index in [0.29, 0.717) is 5.56 Å². The maximum atomic E-state index is 15.2. The number of carbonyl (C=O) groups is 3. The average molecular weight is 679 g/mol. The lowest BCUT2D eigenvalue weighted by Crippen LogP contribution is -2.60. The summed E-state index contributed by atoms with van der Waals surface area (Å²) in [5, 5.41) is 14.2. The fourth-order valence-electron chi connectivity index (χ4n) is 5.41. The Balaban J connectivity index is 1.60. The Bertz CT molecular complexity index is 1500. The number of hydrogen-bond donors (Lipinski definition) is 3. The summed E-state index contributed by atoms with van der Waals surface area (Å²) in [6.07, 6.45) is -4.69. The van der Waals surface area contributed by atoms with E-state index in [9.17, 15) is 19.5 Å². The van der Waals surface area contributed by atoms with E-state index in [2.05, 4.69) is 15.6 Å². The van der Waals surface area contributed by atoms with Crippen LogP contribution in [0.15, 0.2) is 53.5 Å². The highest BCUT2D eigenvalue weighted by Gasteiger charge is 2.53. The number of carboxylic acid groups (broad SMARTS) is 1. The zero-order chi connectivity index (χ0) is 34.1. The molecule has 1 aliphatic heterocycles. The van der Waals surface area contributed by atoms with Crippen LogP contribution in [-0.4, -0.2) is 60.4 Å². The first-order valence-corrected chi connectivity index (χ1v) is 18.4. The van der Waals surface area contributed by atoms with Gasteiger partial charge in [-0.15, -0.1) is 0 Å². The highest BCUT2D eigenvalue weighted by molar-refractivity contribution is 6.74. The first-order chi connectivity index (χ1) is 21.3. The molecule has 10 nitrogen and oxygen atoms in total. The number of ether oxygens (including phenoxy) is 1. The molecule has 14 heteroatoms. The van der Waals surface area contributed by atoms with Gasteiger partial charge in [0.25, 0.3) is 5.92 Å². The summed E-state index contributed by atoms with van der Waals surface area (Å²) in [5.41, 5.74) is -0.00920. The molecule has 250 valence electrons. The van der Waals surface area contributed by atoms with Crippen molar-refractivity contribution >= 4 is 49.7 Å². The number of nitrogens with one attached hydrogen (secondary N) is 2. The van der Waals surface area contributed by atoms with Crippen LogP contribution in [0.25, 0.3) is 0 Å². The molecule has 2 aromatic carbocycles. The average Bonchev–Trinajstić information content (AvgIpc) is 2.94. The van der Waals surface area contributed by atoms with Crippen molar-refractivity contribution in [3.63, 3.8) is 0 Å². The van der Waals surface area contributed by atoms with E-state index < -0.39 is 56.4 Å². The maximum absolute atomic E-state index is 15.2. The smallest absolute Gasteiger partial charge is 0.412 e. The summed E-state index contributed by atoms with van der Waals surface area (Å²) >= 11 is 6.73. The van der Waals surface area contributed by atoms with E-state index in [1.807, 2.05) is 64.2 Å². The Hall–Kier alpha value is -3.55. The molecule has 1 aliphatic carbocycles. The Morgan fingerprint density at radius 2 is 1.80 bits per heavy atom. The molecule has 0 saturated heterocycles. The lowest BCUT2D eigenvalue weighted by atomic mass is 9.84. The second kappa shape index (κ2) is 13.3. The first kappa shape index (κ1) is 35.3. The van der Waals surface area contributed by atoms with E-state index in [1.165, 1.54) is 4.90 Å². The highest BCUT2D eigenvalue weighted by atomic mass is 35.5. The Kier molecular flexibility index (Phi) is 10.2. The van der Waals surface area contributed by atoms with Crippen LogP contribution in [0.5, 0.6) is 0 Å². The van der Waals surface area contributed by atoms with Gasteiger partial charge in [0.15, 0.2) is 8.32 Å². The minimum absolute atomic E-state index is 0.0371. The molecule has 2 aromatic rings. The number of benzene rings is 2. The molecule has 1 fully saturated rings. The quantitative estimate of drug-likeness (QED) is 0.257. The topological polar surface area (TPSA) is 130 Å². The molecular weight excluding hydrogens is 638 g/mol. The number of rotatable bonds is 7. The van der Waals surface area contributed by atoms with E-state index in [-0.39, 0.29) is 47.6 Å². The third kappa shape index (κ3) is 7.87. The van der Waals surface area contributed by atoms with Crippen LogP contribution < -0.4 is 10.6 Å². The van der Waals surface area contributed by atoms with Crippen molar-refractivity contribution < 1.29 is 37.4 Å². The molecule has 1 heterocycles. The molecule has 0 bridgehead atoms. The standard InChI is InChI=1S/C32H41ClF2N4O6Si/c1-30(2,3)46(5,6)45-24-17-21(15-16-32(24,34)35)39-25(40)18-31(4,38-27(39)37-28(41)42)22-13-10-14-23(26(22)33)36-29(43)44-19-20-11-8-7-9-12-20/h7-14,21,24H,15-19H2,1-6H3,(H,36,43)(H,37,38)(H,41,42)/t21-,24-,31-/m0/s1. The third-order valence-corrected chi connectivity index (χ3v) is 13.9. The number of halogens is 3. The number of amides is 3. The second-order valence-corrected chi connectivity index (χ2v) is 18.6. The number of carbonyl (C=O) groups excluding carboxylic acids is 2. The summed E-state index contributed by atoms with van der Waals surface area (Å²) in [6.45, 7) is 11.3. The molecule has 0 radical (unpaired) electrons. The lowest BCUT2D eigenvalue weighted by Gasteiger charge is -2.47. The van der Waals surface area contributed by atoms with Crippen LogP contribution in [-0.2, 0) is 26.1 Å². The molecule has 1 saturated carbocycles. The molecule has 46 heavy (non-hydrogen) atoms. The second-order valence-electron chi connectivity index (χ2n) is 13.5. The molecule has 2 aliphatic rings. The van der Waals surface area contributed by atoms with Gasteiger partial charge in [-0.1, -0.05) is 74.8 Å². The van der Waals surface area contributed by atoms with E-state index in [0.717, 1.165) is 5.56 Å². The minimum atomic E-state index is -3.11. The van der Waals surface area contributed by atoms with Crippen molar-refractivity contribution in [2.45, 2.75) is 102 Å². The van der Waals surface area contributed by atoms with Crippen LogP contribution >= 0.6 is 11.6 Å². The van der Waals surface area contributed by atoms with Gasteiger partial charge in [0.05, 0.1) is 22.7 Å². The van der Waals surface area contributed by atoms with Crippen LogP contribution in [0, 0.1) is 0 Å². The monoisotopic (exact) mass is 678 g/mol. The maximum Gasteiger partial charge on any atom is 0.412 e. The molecule has 3 N–H and O–H groups in total. The van der Waals surface area contributed by atoms with Crippen molar-refractivity contribution in [3.05, 3.63) is 64.7 Å². The van der Waals surface area contributed by atoms with Crippen molar-refractivity contribution in [2.24, 2.45) is 4.99 Å². The van der Waals surface area contributed by atoms with Gasteiger partial charge in [0.2, 0.25) is 11.9 Å². The van der Waals surface area contributed by atoms with E-state index >= 15 is 8.78 Å². The van der Waals surface area contributed by atoms with Gasteiger partial charge in [-0.2, -0.15) is 0 Å². The van der Waals surface area contributed by atoms with E-state index in [4.69, 9.17) is 20.8 Å². The molecule has 0 unspecified atom stereocenters. The van der Waals surface area contributed by atoms with Gasteiger partial charge >= 0.3 is 12.2 Å². The van der Waals surface area contributed by atoms with Gasteiger partial charge < -0.3 is 14.3 Å². The fourth-order valence-corrected chi connectivity index (χ4v) is 7.12. The number of guanidine groups is 1. The zero-order valence-corrected chi connectivity index (χ0v) is 28.6. The van der Waals surface area contributed by atoms with Gasteiger partial charge in [-0.3, -0.25) is 20.3 Å². The number of anilines is 1. The number of nitrogens with zero attached hydrogens (tertiary/aromatic N) is 2. The van der Waals surface area contributed by atoms with Crippen LogP contribution in [0.1, 0.15) is 64.5 Å². The molecular formula is C32H41ClF2N4O6Si. The minimum Gasteiger partial charge on any atom is -0.465 e. The van der Waals surface area contributed by atoms with Gasteiger partial charge in [-0.05, 0) is 49.5 Å². The van der Waals surface area contributed by atoms with Crippen molar-refractivity contribution in [3.8, 4) is 0 Å². The predicted molar refractivity (Wildman–Crippen MR) is 174 cm³/mol. The third-order valence-electron chi connectivity index (χ3n) is 8.97. The largest absolute Gasteiger partial charge is 0.465 e. The summed E-state index contributed by atoms with van der Waals surface area (Å²) in [4.78, 5) is 44.1. The zero-order valence-electron chi connectivity index (χ0n) is 26.8. The molecule has 4 rings (SSSR count). The van der Waals surface area contributed by atoms with Gasteiger partial charge in [0, 0.05) is 18.0 Å². The number of aliphatic imine (C=N–C) groups is 1. The molecule has 0 spiro atoms. The number of alkyl halides is 2. The van der Waals surface area contributed by atoms with Crippen LogP contribution in [0.2, 0.25) is 23.2 Å². The number of hydrogen-bond acceptors (Lipinski definition) is 6. The highest BCUT2D eigenvalue weighted by Crippen LogP contribution is 2.46. The molecule has 3 atom stereocenters. The Morgan fingerprint density at radius 3 is 2.43 bits per heavy atom. The van der Waals surface area contributed by atoms with Gasteiger partial charge in [0.1, 0.15) is 12.7 Å². The predicted octanol–water partition coefficient (Wildman–Crippen LogP) is 7.74. The summed E-state index contributed by atoms with van der Waals surface area (Å²) in [7, 11) is -2.61. The fraction of sp³-hybridized carbons (Fsp3) is 0.500. The summed E-state index contributed by atoms with van der Waals surface area (Å²) in [5.74, 6) is -3.91. The van der Waals surface area contributed by atoms with Crippen LogP contribution in [0.4, 0.5) is 24.1 Å². The SMILES string of the molecule is CC(C)(C)[Si](C)(C)O[C@H]1C[C@@H](N2C(=O)C[C@@](C)(c3cccc(NC(=O)OCc4ccccc4)c3Cl)N=C2NC(=O)O)CCC1(F)F. The normalized spacial score (nSPS) is 23.4. The Morgan fingerprint density at radius 1 is 1.13 bits per heavy atom. The Labute approximate surface area is 273 Å². The molecule has 3 amide bonds. The lowest BCUT2D eigenvalue weighted by molar-refractivity contribution is -0.147. The summed E-state index contributed by atoms with van der Waals surface area (Å²) < 4.78 is 41.8.